The van der Waals surface area contributed by atoms with Crippen LogP contribution in [-0.4, -0.2) is 11.6 Å². The number of thiocarbonyl (C=S) groups is 1. The second kappa shape index (κ2) is 8.07. The van der Waals surface area contributed by atoms with Crippen molar-refractivity contribution in [3.05, 3.63) is 29.8 Å². The maximum Gasteiger partial charge on any atom is 0.119 e. The van der Waals surface area contributed by atoms with E-state index < -0.39 is 0 Å². The maximum absolute atomic E-state index is 5.64. The van der Waals surface area contributed by atoms with Gasteiger partial charge in [-0.05, 0) is 30.7 Å². The van der Waals surface area contributed by atoms with Crippen LogP contribution in [-0.2, 0) is 0 Å². The van der Waals surface area contributed by atoms with E-state index in [0.717, 1.165) is 24.3 Å². The fraction of sp³-hybridized carbons (Fsp3) is 0.500. The minimum atomic E-state index is 0.427. The zero-order valence-electron chi connectivity index (χ0n) is 10.4. The topological polar surface area (TPSA) is 35.2 Å². The predicted octanol–water partition coefficient (Wildman–Crippen LogP) is 3.67. The van der Waals surface area contributed by atoms with Crippen molar-refractivity contribution in [1.29, 1.82) is 0 Å². The number of unbranched alkanes of at least 4 members (excludes halogenated alkanes) is 4. The van der Waals surface area contributed by atoms with Crippen LogP contribution in [0.3, 0.4) is 0 Å². The van der Waals surface area contributed by atoms with E-state index in [0.29, 0.717) is 4.99 Å². The number of hydrogen-bond donors (Lipinski definition) is 1. The molecule has 0 fully saturated rings. The number of ether oxygens (including phenoxy) is 1. The second-order valence-electron chi connectivity index (χ2n) is 4.15. The summed E-state index contributed by atoms with van der Waals surface area (Å²) < 4.78 is 5.64. The van der Waals surface area contributed by atoms with Crippen LogP contribution in [0, 0.1) is 0 Å². The molecular formula is C14H21NOS. The minimum absolute atomic E-state index is 0.427. The van der Waals surface area contributed by atoms with Crippen molar-refractivity contribution >= 4 is 17.2 Å². The second-order valence-corrected chi connectivity index (χ2v) is 4.59. The van der Waals surface area contributed by atoms with E-state index >= 15 is 0 Å². The average molecular weight is 251 g/mol. The SMILES string of the molecule is CCCCCCCOc1ccc(C(N)=S)cc1. The van der Waals surface area contributed by atoms with Crippen molar-refractivity contribution in [2.24, 2.45) is 5.73 Å². The van der Waals surface area contributed by atoms with E-state index in [1.54, 1.807) is 0 Å². The fourth-order valence-corrected chi connectivity index (χ4v) is 1.75. The number of nitrogens with two attached hydrogens (primary N) is 1. The molecule has 2 N–H and O–H groups in total. The Morgan fingerprint density at radius 2 is 1.76 bits per heavy atom. The Balaban J connectivity index is 2.21. The first-order valence-electron chi connectivity index (χ1n) is 6.26. The molecule has 0 aromatic heterocycles. The molecule has 0 heterocycles. The summed E-state index contributed by atoms with van der Waals surface area (Å²) in [7, 11) is 0. The van der Waals surface area contributed by atoms with Gasteiger partial charge in [0.1, 0.15) is 10.7 Å². The molecule has 0 unspecified atom stereocenters. The van der Waals surface area contributed by atoms with E-state index in [9.17, 15) is 0 Å². The number of rotatable bonds is 8. The summed E-state index contributed by atoms with van der Waals surface area (Å²) in [6.45, 7) is 3.01. The van der Waals surface area contributed by atoms with E-state index in [4.69, 9.17) is 22.7 Å². The molecular weight excluding hydrogens is 230 g/mol. The first-order valence-corrected chi connectivity index (χ1v) is 6.67. The Morgan fingerprint density at radius 3 is 2.35 bits per heavy atom. The molecule has 0 spiro atoms. The third kappa shape index (κ3) is 5.68. The predicted molar refractivity (Wildman–Crippen MR) is 76.6 cm³/mol. The summed E-state index contributed by atoms with van der Waals surface area (Å²) in [6.07, 6.45) is 6.28. The molecule has 94 valence electrons. The Bertz CT molecular complexity index is 335. The molecule has 0 aliphatic heterocycles. The Hall–Kier alpha value is -1.09. The normalized spacial score (nSPS) is 10.2. The highest BCUT2D eigenvalue weighted by Crippen LogP contribution is 2.13. The van der Waals surface area contributed by atoms with Crippen molar-refractivity contribution in [2.75, 3.05) is 6.61 Å². The lowest BCUT2D eigenvalue weighted by Crippen LogP contribution is -2.08. The van der Waals surface area contributed by atoms with Gasteiger partial charge in [0.2, 0.25) is 0 Å². The summed E-state index contributed by atoms with van der Waals surface area (Å²) in [5.74, 6) is 0.889. The lowest BCUT2D eigenvalue weighted by molar-refractivity contribution is 0.304. The molecule has 0 aliphatic carbocycles. The van der Waals surface area contributed by atoms with E-state index in [2.05, 4.69) is 6.92 Å². The maximum atomic E-state index is 5.64. The largest absolute Gasteiger partial charge is 0.494 e. The summed E-state index contributed by atoms with van der Waals surface area (Å²) in [6, 6.07) is 7.63. The van der Waals surface area contributed by atoms with Gasteiger partial charge in [-0.2, -0.15) is 0 Å². The third-order valence-corrected chi connectivity index (χ3v) is 2.89. The first-order chi connectivity index (χ1) is 8.24. The molecule has 0 aliphatic rings. The van der Waals surface area contributed by atoms with Crippen molar-refractivity contribution in [2.45, 2.75) is 39.0 Å². The third-order valence-electron chi connectivity index (χ3n) is 2.66. The van der Waals surface area contributed by atoms with Crippen LogP contribution in [0.25, 0.3) is 0 Å². The lowest BCUT2D eigenvalue weighted by atomic mass is 10.2. The van der Waals surface area contributed by atoms with Crippen LogP contribution in [0.15, 0.2) is 24.3 Å². The quantitative estimate of drug-likeness (QED) is 0.565. The highest BCUT2D eigenvalue weighted by molar-refractivity contribution is 7.80. The van der Waals surface area contributed by atoms with E-state index in [1.165, 1.54) is 25.7 Å². The van der Waals surface area contributed by atoms with Gasteiger partial charge in [-0.3, -0.25) is 0 Å². The molecule has 1 aromatic rings. The van der Waals surface area contributed by atoms with Gasteiger partial charge >= 0.3 is 0 Å². The number of benzene rings is 1. The molecule has 17 heavy (non-hydrogen) atoms. The highest BCUT2D eigenvalue weighted by Gasteiger charge is 1.97. The summed E-state index contributed by atoms with van der Waals surface area (Å²) in [5, 5.41) is 0. The van der Waals surface area contributed by atoms with E-state index in [-0.39, 0.29) is 0 Å². The van der Waals surface area contributed by atoms with Crippen molar-refractivity contribution in [3.63, 3.8) is 0 Å². The Kier molecular flexibility index (Phi) is 6.63. The highest BCUT2D eigenvalue weighted by atomic mass is 32.1. The van der Waals surface area contributed by atoms with Crippen LogP contribution in [0.4, 0.5) is 0 Å². The molecule has 0 saturated carbocycles. The molecule has 0 radical (unpaired) electrons. The first kappa shape index (κ1) is 14.0. The van der Waals surface area contributed by atoms with Gasteiger partial charge in [0.15, 0.2) is 0 Å². The van der Waals surface area contributed by atoms with Gasteiger partial charge in [-0.1, -0.05) is 44.8 Å². The van der Waals surface area contributed by atoms with Crippen LogP contribution >= 0.6 is 12.2 Å². The molecule has 0 amide bonds. The Labute approximate surface area is 109 Å². The molecule has 1 rings (SSSR count). The smallest absolute Gasteiger partial charge is 0.119 e. The zero-order chi connectivity index (χ0) is 12.5. The van der Waals surface area contributed by atoms with Gasteiger partial charge in [0.25, 0.3) is 0 Å². The van der Waals surface area contributed by atoms with Crippen LogP contribution in [0.1, 0.15) is 44.6 Å². The van der Waals surface area contributed by atoms with Crippen LogP contribution in [0.2, 0.25) is 0 Å². The fourth-order valence-electron chi connectivity index (χ4n) is 1.61. The van der Waals surface area contributed by atoms with Crippen LogP contribution in [0.5, 0.6) is 5.75 Å². The average Bonchev–Trinajstić information content (AvgIpc) is 2.34. The van der Waals surface area contributed by atoms with Gasteiger partial charge in [-0.15, -0.1) is 0 Å². The molecule has 3 heteroatoms. The van der Waals surface area contributed by atoms with Gasteiger partial charge < -0.3 is 10.5 Å². The van der Waals surface area contributed by atoms with Gasteiger partial charge in [0.05, 0.1) is 6.61 Å². The molecule has 2 nitrogen and oxygen atoms in total. The lowest BCUT2D eigenvalue weighted by Gasteiger charge is -2.06. The molecule has 0 bridgehead atoms. The molecule has 1 aromatic carbocycles. The van der Waals surface area contributed by atoms with E-state index in [1.807, 2.05) is 24.3 Å². The summed E-state index contributed by atoms with van der Waals surface area (Å²) >= 11 is 4.89. The Morgan fingerprint density at radius 1 is 1.12 bits per heavy atom. The van der Waals surface area contributed by atoms with Gasteiger partial charge in [-0.25, -0.2) is 0 Å². The van der Waals surface area contributed by atoms with Crippen molar-refractivity contribution < 1.29 is 4.74 Å². The van der Waals surface area contributed by atoms with Gasteiger partial charge in [0, 0.05) is 5.56 Å². The van der Waals surface area contributed by atoms with Crippen molar-refractivity contribution in [1.82, 2.24) is 0 Å². The van der Waals surface area contributed by atoms with Crippen molar-refractivity contribution in [3.8, 4) is 5.75 Å². The summed E-state index contributed by atoms with van der Waals surface area (Å²) in [5.41, 5.74) is 6.41. The summed E-state index contributed by atoms with van der Waals surface area (Å²) in [4.78, 5) is 0.427. The minimum Gasteiger partial charge on any atom is -0.494 e. The number of hydrogen-bond acceptors (Lipinski definition) is 2. The van der Waals surface area contributed by atoms with Crippen LogP contribution < -0.4 is 10.5 Å². The monoisotopic (exact) mass is 251 g/mol. The molecule has 0 atom stereocenters. The zero-order valence-corrected chi connectivity index (χ0v) is 11.3. The standard InChI is InChI=1S/C14H21NOS/c1-2-3-4-5-6-11-16-13-9-7-12(8-10-13)14(15)17/h7-10H,2-6,11H2,1H3,(H2,15,17). The molecule has 0 saturated heterocycles.